The molecule has 3 aromatic rings. The molecule has 3 nitrogen and oxygen atoms in total. The Morgan fingerprint density at radius 2 is 1.78 bits per heavy atom. The van der Waals surface area contributed by atoms with Gasteiger partial charge >= 0.3 is 0 Å². The zero-order valence-corrected chi connectivity index (χ0v) is 9.93. The quantitative estimate of drug-likeness (QED) is 0.658. The van der Waals surface area contributed by atoms with Gasteiger partial charge in [-0.3, -0.25) is 0 Å². The monoisotopic (exact) mass is 241 g/mol. The molecule has 1 unspecified atom stereocenters. The average Bonchev–Trinajstić information content (AvgIpc) is 2.78. The fourth-order valence-corrected chi connectivity index (χ4v) is 2.42. The Morgan fingerprint density at radius 1 is 1.00 bits per heavy atom. The lowest BCUT2D eigenvalue weighted by molar-refractivity contribution is 0.0957. The molecule has 0 bridgehead atoms. The number of aliphatic hydroxyl groups excluding tert-OH is 2. The number of hydrogen-bond acceptors (Lipinski definition) is 2. The van der Waals surface area contributed by atoms with Crippen molar-refractivity contribution in [1.29, 1.82) is 0 Å². The molecule has 0 saturated heterocycles. The second-order valence-corrected chi connectivity index (χ2v) is 4.55. The average molecular weight is 241 g/mol. The standard InChI is InChI=1S/C15H15NO2/c17-9-11(18)8-10-4-3-6-13-12-5-1-2-7-14(12)16-15(10)13/h1-7,11,16-18H,8-9H2. The number of hydrogen-bond donors (Lipinski definition) is 3. The van der Waals surface area contributed by atoms with E-state index in [2.05, 4.69) is 17.1 Å². The number of benzene rings is 2. The van der Waals surface area contributed by atoms with E-state index < -0.39 is 6.10 Å². The van der Waals surface area contributed by atoms with Crippen molar-refractivity contribution in [1.82, 2.24) is 4.98 Å². The van der Waals surface area contributed by atoms with Crippen LogP contribution in [0.2, 0.25) is 0 Å². The van der Waals surface area contributed by atoms with Gasteiger partial charge in [0.2, 0.25) is 0 Å². The van der Waals surface area contributed by atoms with Crippen LogP contribution in [-0.2, 0) is 6.42 Å². The van der Waals surface area contributed by atoms with E-state index in [9.17, 15) is 5.11 Å². The van der Waals surface area contributed by atoms with E-state index in [4.69, 9.17) is 5.11 Å². The SMILES string of the molecule is OCC(O)Cc1cccc2c1[nH]c1ccccc12. The first-order chi connectivity index (χ1) is 8.79. The van der Waals surface area contributed by atoms with Gasteiger partial charge in [-0.15, -0.1) is 0 Å². The first kappa shape index (κ1) is 11.3. The van der Waals surface area contributed by atoms with Crippen molar-refractivity contribution in [3.63, 3.8) is 0 Å². The van der Waals surface area contributed by atoms with Crippen molar-refractivity contribution in [3.05, 3.63) is 48.0 Å². The number of para-hydroxylation sites is 2. The lowest BCUT2D eigenvalue weighted by Crippen LogP contribution is -2.15. The van der Waals surface area contributed by atoms with Gasteiger partial charge in [0.1, 0.15) is 0 Å². The number of nitrogens with one attached hydrogen (secondary N) is 1. The summed E-state index contributed by atoms with van der Waals surface area (Å²) in [4.78, 5) is 3.38. The second-order valence-electron chi connectivity index (χ2n) is 4.55. The van der Waals surface area contributed by atoms with Gasteiger partial charge in [0.15, 0.2) is 0 Å². The van der Waals surface area contributed by atoms with Crippen molar-refractivity contribution >= 4 is 21.8 Å². The van der Waals surface area contributed by atoms with Gasteiger partial charge in [0.25, 0.3) is 0 Å². The van der Waals surface area contributed by atoms with Crippen molar-refractivity contribution in [3.8, 4) is 0 Å². The third-order valence-corrected chi connectivity index (χ3v) is 3.29. The van der Waals surface area contributed by atoms with Crippen LogP contribution in [0.1, 0.15) is 5.56 Å². The second kappa shape index (κ2) is 4.44. The van der Waals surface area contributed by atoms with E-state index in [0.29, 0.717) is 6.42 Å². The van der Waals surface area contributed by atoms with Gasteiger partial charge in [-0.25, -0.2) is 0 Å². The molecule has 0 spiro atoms. The van der Waals surface area contributed by atoms with Crippen LogP contribution in [0, 0.1) is 0 Å². The highest BCUT2D eigenvalue weighted by Crippen LogP contribution is 2.27. The fraction of sp³-hybridized carbons (Fsp3) is 0.200. The summed E-state index contributed by atoms with van der Waals surface area (Å²) in [5.74, 6) is 0. The van der Waals surface area contributed by atoms with Gasteiger partial charge < -0.3 is 15.2 Å². The Hall–Kier alpha value is -1.84. The minimum absolute atomic E-state index is 0.212. The summed E-state index contributed by atoms with van der Waals surface area (Å²) in [5, 5.41) is 20.9. The maximum absolute atomic E-state index is 9.58. The summed E-state index contributed by atoms with van der Waals surface area (Å²) < 4.78 is 0. The largest absolute Gasteiger partial charge is 0.394 e. The molecule has 18 heavy (non-hydrogen) atoms. The number of fused-ring (bicyclic) bond motifs is 3. The summed E-state index contributed by atoms with van der Waals surface area (Å²) in [7, 11) is 0. The third-order valence-electron chi connectivity index (χ3n) is 3.29. The highest BCUT2D eigenvalue weighted by molar-refractivity contribution is 6.08. The normalized spacial score (nSPS) is 13.2. The predicted molar refractivity (Wildman–Crippen MR) is 72.6 cm³/mol. The van der Waals surface area contributed by atoms with E-state index in [0.717, 1.165) is 22.0 Å². The molecule has 0 saturated carbocycles. The fourth-order valence-electron chi connectivity index (χ4n) is 2.42. The topological polar surface area (TPSA) is 56.2 Å². The van der Waals surface area contributed by atoms with Crippen LogP contribution < -0.4 is 0 Å². The number of aromatic amines is 1. The van der Waals surface area contributed by atoms with Crippen LogP contribution in [0.4, 0.5) is 0 Å². The van der Waals surface area contributed by atoms with Gasteiger partial charge in [-0.05, 0) is 11.6 Å². The van der Waals surface area contributed by atoms with E-state index >= 15 is 0 Å². The maximum Gasteiger partial charge on any atom is 0.0811 e. The zero-order chi connectivity index (χ0) is 12.5. The van der Waals surface area contributed by atoms with E-state index in [-0.39, 0.29) is 6.61 Å². The molecule has 2 aromatic carbocycles. The molecule has 0 fully saturated rings. The lowest BCUT2D eigenvalue weighted by Gasteiger charge is -2.07. The van der Waals surface area contributed by atoms with Gasteiger partial charge in [-0.1, -0.05) is 36.4 Å². The van der Waals surface area contributed by atoms with Gasteiger partial charge in [0.05, 0.1) is 12.7 Å². The maximum atomic E-state index is 9.58. The van der Waals surface area contributed by atoms with Crippen LogP contribution in [0.25, 0.3) is 21.8 Å². The molecule has 0 amide bonds. The molecule has 1 heterocycles. The molecule has 92 valence electrons. The zero-order valence-electron chi connectivity index (χ0n) is 9.93. The summed E-state index contributed by atoms with van der Waals surface area (Å²) >= 11 is 0. The third kappa shape index (κ3) is 1.78. The van der Waals surface area contributed by atoms with Crippen molar-refractivity contribution in [2.75, 3.05) is 6.61 Å². The number of rotatable bonds is 3. The number of aliphatic hydroxyl groups is 2. The number of H-pyrrole nitrogens is 1. The molecule has 0 aliphatic heterocycles. The number of aromatic nitrogens is 1. The molecule has 3 heteroatoms. The summed E-state index contributed by atoms with van der Waals surface area (Å²) in [5.41, 5.74) is 3.18. The Bertz CT molecular complexity index is 687. The lowest BCUT2D eigenvalue weighted by atomic mass is 10.0. The summed E-state index contributed by atoms with van der Waals surface area (Å²) in [6.07, 6.45) is -0.247. The molecule has 1 atom stereocenters. The van der Waals surface area contributed by atoms with Gasteiger partial charge in [0, 0.05) is 28.2 Å². The van der Waals surface area contributed by atoms with Crippen LogP contribution in [0.3, 0.4) is 0 Å². The highest BCUT2D eigenvalue weighted by Gasteiger charge is 2.10. The summed E-state index contributed by atoms with van der Waals surface area (Å²) in [6, 6.07) is 14.2. The molecule has 1 aromatic heterocycles. The molecule has 0 aliphatic rings. The molecule has 3 rings (SSSR count). The first-order valence-corrected chi connectivity index (χ1v) is 6.07. The van der Waals surface area contributed by atoms with E-state index in [1.807, 2.05) is 30.3 Å². The minimum Gasteiger partial charge on any atom is -0.394 e. The minimum atomic E-state index is -0.706. The Morgan fingerprint density at radius 3 is 2.61 bits per heavy atom. The van der Waals surface area contributed by atoms with E-state index in [1.165, 1.54) is 5.39 Å². The molecular weight excluding hydrogens is 226 g/mol. The molecule has 0 aliphatic carbocycles. The van der Waals surface area contributed by atoms with Gasteiger partial charge in [-0.2, -0.15) is 0 Å². The van der Waals surface area contributed by atoms with Crippen molar-refractivity contribution in [2.45, 2.75) is 12.5 Å². The molecule has 3 N–H and O–H groups in total. The van der Waals surface area contributed by atoms with Crippen molar-refractivity contribution in [2.24, 2.45) is 0 Å². The molecule has 0 radical (unpaired) electrons. The van der Waals surface area contributed by atoms with Crippen LogP contribution in [0.5, 0.6) is 0 Å². The van der Waals surface area contributed by atoms with E-state index in [1.54, 1.807) is 0 Å². The van der Waals surface area contributed by atoms with Crippen LogP contribution >= 0.6 is 0 Å². The summed E-state index contributed by atoms with van der Waals surface area (Å²) in [6.45, 7) is -0.212. The Balaban J connectivity index is 2.21. The molecular formula is C15H15NO2. The predicted octanol–water partition coefficient (Wildman–Crippen LogP) is 2.22. The Labute approximate surface area is 105 Å². The smallest absolute Gasteiger partial charge is 0.0811 e. The Kier molecular flexibility index (Phi) is 2.78. The highest BCUT2D eigenvalue weighted by atomic mass is 16.3. The van der Waals surface area contributed by atoms with Crippen molar-refractivity contribution < 1.29 is 10.2 Å². The first-order valence-electron chi connectivity index (χ1n) is 6.07. The van der Waals surface area contributed by atoms with Crippen LogP contribution in [0.15, 0.2) is 42.5 Å². The van der Waals surface area contributed by atoms with Crippen LogP contribution in [-0.4, -0.2) is 27.9 Å².